The van der Waals surface area contributed by atoms with Crippen LogP contribution in [0.2, 0.25) is 0 Å². The summed E-state index contributed by atoms with van der Waals surface area (Å²) in [5.74, 6) is 0.757. The van der Waals surface area contributed by atoms with Crippen molar-refractivity contribution >= 4 is 5.78 Å². The van der Waals surface area contributed by atoms with Crippen molar-refractivity contribution in [1.29, 1.82) is 0 Å². The Hall–Kier alpha value is -1.42. The molecule has 2 aromatic rings. The summed E-state index contributed by atoms with van der Waals surface area (Å²) in [4.78, 5) is 8.53. The predicted octanol–water partition coefficient (Wildman–Crippen LogP) is 1.23. The van der Waals surface area contributed by atoms with Gasteiger partial charge in [0.2, 0.25) is 5.78 Å². The summed E-state index contributed by atoms with van der Waals surface area (Å²) in [6, 6.07) is 2.38. The van der Waals surface area contributed by atoms with E-state index in [2.05, 4.69) is 29.1 Å². The minimum absolute atomic E-state index is 0.479. The number of aromatic nitrogens is 3. The number of imidazole rings is 1. The minimum Gasteiger partial charge on any atom is -0.309 e. The highest BCUT2D eigenvalue weighted by molar-refractivity contribution is 5.29. The molecule has 0 saturated carbocycles. The number of nitrogens with zero attached hydrogens (tertiary/aromatic N) is 3. The maximum absolute atomic E-state index is 4.37. The minimum atomic E-state index is 0.479. The van der Waals surface area contributed by atoms with Gasteiger partial charge in [0.15, 0.2) is 0 Å². The lowest BCUT2D eigenvalue weighted by Gasteiger charge is -2.04. The molecule has 4 nitrogen and oxygen atoms in total. The van der Waals surface area contributed by atoms with Crippen molar-refractivity contribution in [3.63, 3.8) is 0 Å². The van der Waals surface area contributed by atoms with Crippen molar-refractivity contribution in [2.24, 2.45) is 0 Å². The van der Waals surface area contributed by atoms with Crippen molar-refractivity contribution < 1.29 is 0 Å². The number of nitrogens with one attached hydrogen (secondary N) is 1. The fraction of sp³-hybridized carbons (Fsp3) is 0.400. The highest BCUT2D eigenvalue weighted by atomic mass is 15.1. The van der Waals surface area contributed by atoms with Gasteiger partial charge < -0.3 is 5.32 Å². The van der Waals surface area contributed by atoms with Crippen molar-refractivity contribution in [2.45, 2.75) is 26.4 Å². The molecule has 0 unspecified atom stereocenters. The predicted molar refractivity (Wildman–Crippen MR) is 55.0 cm³/mol. The van der Waals surface area contributed by atoms with Crippen LogP contribution in [0.5, 0.6) is 0 Å². The van der Waals surface area contributed by atoms with Gasteiger partial charge in [0.1, 0.15) is 0 Å². The van der Waals surface area contributed by atoms with Crippen LogP contribution < -0.4 is 5.32 Å². The Balaban J connectivity index is 2.19. The molecule has 0 aliphatic carbocycles. The first-order valence-corrected chi connectivity index (χ1v) is 4.77. The summed E-state index contributed by atoms with van der Waals surface area (Å²) in [5.41, 5.74) is 1.03. The molecule has 2 rings (SSSR count). The highest BCUT2D eigenvalue weighted by Gasteiger charge is 2.01. The Bertz CT molecular complexity index is 386. The van der Waals surface area contributed by atoms with Crippen LogP contribution in [0.25, 0.3) is 5.78 Å². The molecule has 0 spiro atoms. The zero-order valence-corrected chi connectivity index (χ0v) is 8.44. The zero-order chi connectivity index (χ0) is 9.97. The molecule has 0 bridgehead atoms. The van der Waals surface area contributed by atoms with Crippen LogP contribution >= 0.6 is 0 Å². The third-order valence-corrected chi connectivity index (χ3v) is 1.98. The van der Waals surface area contributed by atoms with Crippen LogP contribution in [0, 0.1) is 0 Å². The van der Waals surface area contributed by atoms with Gasteiger partial charge in [0, 0.05) is 31.2 Å². The van der Waals surface area contributed by atoms with Crippen LogP contribution in [0.15, 0.2) is 24.7 Å². The summed E-state index contributed by atoms with van der Waals surface area (Å²) < 4.78 is 1.93. The second kappa shape index (κ2) is 3.75. The SMILES string of the molecule is CC(C)NCc1cn2cccnc2n1. The van der Waals surface area contributed by atoms with E-state index < -0.39 is 0 Å². The molecule has 74 valence electrons. The first kappa shape index (κ1) is 9.15. The normalized spacial score (nSPS) is 11.4. The lowest BCUT2D eigenvalue weighted by Crippen LogP contribution is -2.21. The van der Waals surface area contributed by atoms with Gasteiger partial charge in [-0.1, -0.05) is 13.8 Å². The van der Waals surface area contributed by atoms with Crippen LogP contribution in [0.1, 0.15) is 19.5 Å². The van der Waals surface area contributed by atoms with Crippen LogP contribution in [0.4, 0.5) is 0 Å². The summed E-state index contributed by atoms with van der Waals surface area (Å²) in [7, 11) is 0. The summed E-state index contributed by atoms with van der Waals surface area (Å²) in [6.45, 7) is 5.03. The van der Waals surface area contributed by atoms with Crippen molar-refractivity contribution in [1.82, 2.24) is 19.7 Å². The van der Waals surface area contributed by atoms with Gasteiger partial charge in [-0.25, -0.2) is 9.97 Å². The van der Waals surface area contributed by atoms with E-state index in [1.165, 1.54) is 0 Å². The number of rotatable bonds is 3. The third kappa shape index (κ3) is 1.90. The Labute approximate surface area is 83.0 Å². The average molecular weight is 190 g/mol. The summed E-state index contributed by atoms with van der Waals surface area (Å²) in [6.07, 6.45) is 5.70. The monoisotopic (exact) mass is 190 g/mol. The lowest BCUT2D eigenvalue weighted by molar-refractivity contribution is 0.583. The van der Waals surface area contributed by atoms with E-state index in [0.717, 1.165) is 18.0 Å². The molecule has 0 amide bonds. The molecule has 14 heavy (non-hydrogen) atoms. The second-order valence-corrected chi connectivity index (χ2v) is 3.59. The van der Waals surface area contributed by atoms with Crippen molar-refractivity contribution in [3.05, 3.63) is 30.4 Å². The van der Waals surface area contributed by atoms with E-state index in [1.807, 2.05) is 22.9 Å². The number of hydrogen-bond donors (Lipinski definition) is 1. The number of fused-ring (bicyclic) bond motifs is 1. The zero-order valence-electron chi connectivity index (χ0n) is 8.44. The van der Waals surface area contributed by atoms with E-state index >= 15 is 0 Å². The smallest absolute Gasteiger partial charge is 0.233 e. The Kier molecular flexibility index (Phi) is 2.45. The van der Waals surface area contributed by atoms with Gasteiger partial charge in [0.05, 0.1) is 5.69 Å². The molecule has 0 aliphatic heterocycles. The average Bonchev–Trinajstić information content (AvgIpc) is 2.57. The maximum atomic E-state index is 4.37. The van der Waals surface area contributed by atoms with Crippen molar-refractivity contribution in [2.75, 3.05) is 0 Å². The molecular formula is C10H14N4. The molecular weight excluding hydrogens is 176 g/mol. The van der Waals surface area contributed by atoms with Gasteiger partial charge in [-0.15, -0.1) is 0 Å². The molecule has 2 aromatic heterocycles. The maximum Gasteiger partial charge on any atom is 0.233 e. The molecule has 0 atom stereocenters. The van der Waals surface area contributed by atoms with Gasteiger partial charge in [-0.3, -0.25) is 4.40 Å². The molecule has 4 heteroatoms. The van der Waals surface area contributed by atoms with Crippen LogP contribution in [-0.2, 0) is 6.54 Å². The summed E-state index contributed by atoms with van der Waals surface area (Å²) >= 11 is 0. The standard InChI is InChI=1S/C10H14N4/c1-8(2)12-6-9-7-14-5-3-4-11-10(14)13-9/h3-5,7-8,12H,6H2,1-2H3. The quantitative estimate of drug-likeness (QED) is 0.791. The van der Waals surface area contributed by atoms with E-state index in [4.69, 9.17) is 0 Å². The van der Waals surface area contributed by atoms with E-state index in [1.54, 1.807) is 6.20 Å². The highest BCUT2D eigenvalue weighted by Crippen LogP contribution is 2.01. The molecule has 0 fully saturated rings. The summed E-state index contributed by atoms with van der Waals surface area (Å²) in [5, 5.41) is 3.32. The van der Waals surface area contributed by atoms with E-state index in [9.17, 15) is 0 Å². The second-order valence-electron chi connectivity index (χ2n) is 3.59. The Morgan fingerprint density at radius 2 is 2.36 bits per heavy atom. The van der Waals surface area contributed by atoms with E-state index in [0.29, 0.717) is 6.04 Å². The van der Waals surface area contributed by atoms with E-state index in [-0.39, 0.29) is 0 Å². The third-order valence-electron chi connectivity index (χ3n) is 1.98. The van der Waals surface area contributed by atoms with Gasteiger partial charge in [-0.05, 0) is 6.07 Å². The Morgan fingerprint density at radius 3 is 3.07 bits per heavy atom. The first-order valence-electron chi connectivity index (χ1n) is 4.77. The Morgan fingerprint density at radius 1 is 1.50 bits per heavy atom. The van der Waals surface area contributed by atoms with Gasteiger partial charge in [-0.2, -0.15) is 0 Å². The molecule has 0 aromatic carbocycles. The molecule has 1 N–H and O–H groups in total. The van der Waals surface area contributed by atoms with Crippen LogP contribution in [0.3, 0.4) is 0 Å². The largest absolute Gasteiger partial charge is 0.309 e. The lowest BCUT2D eigenvalue weighted by atomic mass is 10.3. The molecule has 0 saturated heterocycles. The fourth-order valence-electron chi connectivity index (χ4n) is 1.27. The molecule has 0 aliphatic rings. The molecule has 0 radical (unpaired) electrons. The fourth-order valence-corrected chi connectivity index (χ4v) is 1.27. The van der Waals surface area contributed by atoms with Crippen LogP contribution in [-0.4, -0.2) is 20.4 Å². The van der Waals surface area contributed by atoms with Crippen molar-refractivity contribution in [3.8, 4) is 0 Å². The molecule has 2 heterocycles. The van der Waals surface area contributed by atoms with Gasteiger partial charge in [0.25, 0.3) is 0 Å². The number of hydrogen-bond acceptors (Lipinski definition) is 3. The topological polar surface area (TPSA) is 42.2 Å². The first-order chi connectivity index (χ1) is 6.75. The van der Waals surface area contributed by atoms with Gasteiger partial charge >= 0.3 is 0 Å².